The monoisotopic (exact) mass is 263 g/mol. The number of halogens is 1. The topological polar surface area (TPSA) is 56.3 Å². The molecule has 1 aromatic heterocycles. The second-order valence-corrected chi connectivity index (χ2v) is 3.73. The average molecular weight is 263 g/mol. The van der Waals surface area contributed by atoms with Crippen molar-refractivity contribution in [2.75, 3.05) is 19.5 Å². The van der Waals surface area contributed by atoms with Gasteiger partial charge in [0.1, 0.15) is 12.1 Å². The van der Waals surface area contributed by atoms with Crippen LogP contribution < -0.4 is 14.8 Å². The second-order valence-electron chi connectivity index (χ2n) is 3.73. The molecule has 2 rings (SSSR count). The average Bonchev–Trinajstić information content (AvgIpc) is 2.46. The lowest BCUT2D eigenvalue weighted by molar-refractivity contribution is 0.363. The van der Waals surface area contributed by atoms with Crippen LogP contribution in [0.15, 0.2) is 30.6 Å². The van der Waals surface area contributed by atoms with E-state index in [4.69, 9.17) is 9.47 Å². The van der Waals surface area contributed by atoms with E-state index >= 15 is 0 Å². The molecule has 1 aromatic carbocycles. The molecule has 0 bridgehead atoms. The molecule has 6 heteroatoms. The van der Waals surface area contributed by atoms with Crippen molar-refractivity contribution < 1.29 is 13.9 Å². The molecule has 0 unspecified atom stereocenters. The molecule has 1 N–H and O–H groups in total. The summed E-state index contributed by atoms with van der Waals surface area (Å²) in [7, 11) is 3.06. The van der Waals surface area contributed by atoms with E-state index in [9.17, 15) is 4.39 Å². The molecule has 0 spiro atoms. The van der Waals surface area contributed by atoms with Gasteiger partial charge < -0.3 is 14.8 Å². The van der Waals surface area contributed by atoms with Gasteiger partial charge in [0.25, 0.3) is 0 Å². The number of aromatic nitrogens is 2. The first kappa shape index (κ1) is 13.1. The molecule has 0 saturated carbocycles. The number of hydrogen-bond acceptors (Lipinski definition) is 5. The number of nitrogens with one attached hydrogen (secondary N) is 1. The maximum absolute atomic E-state index is 12.8. The predicted molar refractivity (Wildman–Crippen MR) is 68.9 cm³/mol. The first-order chi connectivity index (χ1) is 9.24. The van der Waals surface area contributed by atoms with E-state index in [0.717, 1.165) is 5.69 Å². The Morgan fingerprint density at radius 2 is 1.63 bits per heavy atom. The van der Waals surface area contributed by atoms with Crippen molar-refractivity contribution in [2.24, 2.45) is 0 Å². The van der Waals surface area contributed by atoms with E-state index < -0.39 is 0 Å². The molecule has 0 radical (unpaired) electrons. The molecule has 0 aliphatic rings. The smallest absolute Gasteiger partial charge is 0.225 e. The van der Waals surface area contributed by atoms with Gasteiger partial charge >= 0.3 is 0 Å². The van der Waals surface area contributed by atoms with Gasteiger partial charge in [0, 0.05) is 5.69 Å². The van der Waals surface area contributed by atoms with Crippen molar-refractivity contribution in [3.05, 3.63) is 42.0 Å². The van der Waals surface area contributed by atoms with Crippen LogP contribution in [-0.4, -0.2) is 24.2 Å². The Labute approximate surface area is 110 Å². The number of methoxy groups -OCH3 is 2. The summed E-state index contributed by atoms with van der Waals surface area (Å²) in [5, 5.41) is 3.13. The fourth-order valence-electron chi connectivity index (χ4n) is 1.64. The number of ether oxygens (including phenoxy) is 2. The van der Waals surface area contributed by atoms with Gasteiger partial charge in [-0.05, 0) is 24.3 Å². The molecule has 0 amide bonds. The van der Waals surface area contributed by atoms with Gasteiger partial charge in [0.2, 0.25) is 11.8 Å². The maximum Gasteiger partial charge on any atom is 0.225 e. The van der Waals surface area contributed by atoms with Gasteiger partial charge in [-0.25, -0.2) is 14.4 Å². The van der Waals surface area contributed by atoms with Crippen molar-refractivity contribution >= 4 is 5.69 Å². The number of anilines is 1. The zero-order valence-corrected chi connectivity index (χ0v) is 10.7. The summed E-state index contributed by atoms with van der Waals surface area (Å²) in [6, 6.07) is 6.08. The van der Waals surface area contributed by atoms with E-state index in [1.807, 2.05) is 0 Å². The van der Waals surface area contributed by atoms with Crippen molar-refractivity contribution in [1.29, 1.82) is 0 Å². The van der Waals surface area contributed by atoms with Crippen molar-refractivity contribution in [3.63, 3.8) is 0 Å². The third-order valence-electron chi connectivity index (χ3n) is 2.57. The van der Waals surface area contributed by atoms with Gasteiger partial charge in [-0.15, -0.1) is 0 Å². The molecular formula is C13H14FN3O2. The summed E-state index contributed by atoms with van der Waals surface area (Å²) >= 11 is 0. The second kappa shape index (κ2) is 5.99. The van der Waals surface area contributed by atoms with Crippen LogP contribution in [-0.2, 0) is 6.54 Å². The molecule has 0 saturated heterocycles. The lowest BCUT2D eigenvalue weighted by Crippen LogP contribution is -2.06. The summed E-state index contributed by atoms with van der Waals surface area (Å²) in [5.41, 5.74) is 1.49. The SMILES string of the molecule is COc1ncnc(OC)c1CNc1ccc(F)cc1. The number of benzene rings is 1. The minimum atomic E-state index is -0.274. The van der Waals surface area contributed by atoms with Crippen molar-refractivity contribution in [1.82, 2.24) is 9.97 Å². The molecule has 0 aliphatic carbocycles. The number of rotatable bonds is 5. The minimum absolute atomic E-state index is 0.274. The van der Waals surface area contributed by atoms with Crippen LogP contribution in [0.4, 0.5) is 10.1 Å². The summed E-state index contributed by atoms with van der Waals surface area (Å²) in [5.74, 6) is 0.617. The zero-order chi connectivity index (χ0) is 13.7. The van der Waals surface area contributed by atoms with E-state index in [1.54, 1.807) is 12.1 Å². The number of hydrogen-bond donors (Lipinski definition) is 1. The summed E-state index contributed by atoms with van der Waals surface area (Å²) in [6.45, 7) is 0.415. The van der Waals surface area contributed by atoms with Crippen LogP contribution in [0, 0.1) is 5.82 Å². The minimum Gasteiger partial charge on any atom is -0.481 e. The Morgan fingerprint density at radius 1 is 1.05 bits per heavy atom. The fraction of sp³-hybridized carbons (Fsp3) is 0.231. The zero-order valence-electron chi connectivity index (χ0n) is 10.7. The van der Waals surface area contributed by atoms with E-state index in [2.05, 4.69) is 15.3 Å². The highest BCUT2D eigenvalue weighted by Crippen LogP contribution is 2.24. The molecule has 100 valence electrons. The van der Waals surface area contributed by atoms with Crippen LogP contribution in [0.1, 0.15) is 5.56 Å². The normalized spacial score (nSPS) is 10.1. The van der Waals surface area contributed by atoms with Gasteiger partial charge in [0.15, 0.2) is 0 Å². The first-order valence-corrected chi connectivity index (χ1v) is 5.66. The highest BCUT2D eigenvalue weighted by molar-refractivity contribution is 5.45. The van der Waals surface area contributed by atoms with Crippen LogP contribution >= 0.6 is 0 Å². The largest absolute Gasteiger partial charge is 0.481 e. The van der Waals surface area contributed by atoms with Crippen molar-refractivity contribution in [2.45, 2.75) is 6.54 Å². The predicted octanol–water partition coefficient (Wildman–Crippen LogP) is 2.25. The van der Waals surface area contributed by atoms with E-state index in [1.165, 1.54) is 32.7 Å². The van der Waals surface area contributed by atoms with Crippen LogP contribution in [0.25, 0.3) is 0 Å². The molecule has 5 nitrogen and oxygen atoms in total. The van der Waals surface area contributed by atoms with Gasteiger partial charge in [0.05, 0.1) is 26.3 Å². The van der Waals surface area contributed by atoms with Crippen LogP contribution in [0.5, 0.6) is 11.8 Å². The fourth-order valence-corrected chi connectivity index (χ4v) is 1.64. The van der Waals surface area contributed by atoms with Gasteiger partial charge in [-0.2, -0.15) is 0 Å². The highest BCUT2D eigenvalue weighted by atomic mass is 19.1. The Bertz CT molecular complexity index is 524. The molecule has 19 heavy (non-hydrogen) atoms. The first-order valence-electron chi connectivity index (χ1n) is 5.66. The standard InChI is InChI=1S/C13H14FN3O2/c1-18-12-11(13(19-2)17-8-16-12)7-15-10-5-3-9(14)4-6-10/h3-6,8,15H,7H2,1-2H3. The Hall–Kier alpha value is -2.37. The molecular weight excluding hydrogens is 249 g/mol. The summed E-state index contributed by atoms with van der Waals surface area (Å²) in [6.07, 6.45) is 1.37. The van der Waals surface area contributed by atoms with Crippen LogP contribution in [0.2, 0.25) is 0 Å². The van der Waals surface area contributed by atoms with E-state index in [-0.39, 0.29) is 5.82 Å². The molecule has 2 aromatic rings. The van der Waals surface area contributed by atoms with Crippen molar-refractivity contribution in [3.8, 4) is 11.8 Å². The van der Waals surface area contributed by atoms with Crippen LogP contribution in [0.3, 0.4) is 0 Å². The lowest BCUT2D eigenvalue weighted by Gasteiger charge is -2.12. The van der Waals surface area contributed by atoms with Gasteiger partial charge in [-0.3, -0.25) is 0 Å². The molecule has 1 heterocycles. The third kappa shape index (κ3) is 3.09. The summed E-state index contributed by atoms with van der Waals surface area (Å²) < 4.78 is 23.1. The maximum atomic E-state index is 12.8. The third-order valence-corrected chi connectivity index (χ3v) is 2.57. The van der Waals surface area contributed by atoms with Gasteiger partial charge in [-0.1, -0.05) is 0 Å². The Balaban J connectivity index is 2.16. The Morgan fingerprint density at radius 3 is 2.16 bits per heavy atom. The molecule has 0 aliphatic heterocycles. The summed E-state index contributed by atoms with van der Waals surface area (Å²) in [4.78, 5) is 8.04. The molecule has 0 atom stereocenters. The lowest BCUT2D eigenvalue weighted by atomic mass is 10.2. The number of nitrogens with zero attached hydrogens (tertiary/aromatic N) is 2. The van der Waals surface area contributed by atoms with E-state index in [0.29, 0.717) is 23.9 Å². The molecule has 0 fully saturated rings. The highest BCUT2D eigenvalue weighted by Gasteiger charge is 2.12. The quantitative estimate of drug-likeness (QED) is 0.896. The Kier molecular flexibility index (Phi) is 4.12.